The minimum atomic E-state index is -0.450. The second-order valence-corrected chi connectivity index (χ2v) is 5.97. The molecule has 0 N–H and O–H groups in total. The zero-order chi connectivity index (χ0) is 16.9. The fraction of sp³-hybridized carbons (Fsp3) is 0.167. The summed E-state index contributed by atoms with van der Waals surface area (Å²) in [4.78, 5) is 16.3. The largest absolute Gasteiger partial charge is 0.452 e. The molecule has 0 aliphatic heterocycles. The Hall–Kier alpha value is -2.47. The summed E-state index contributed by atoms with van der Waals surface area (Å²) in [6, 6.07) is 15.0. The van der Waals surface area contributed by atoms with Crippen LogP contribution in [0.2, 0.25) is 0 Å². The van der Waals surface area contributed by atoms with E-state index >= 15 is 0 Å². The number of esters is 1. The van der Waals surface area contributed by atoms with Crippen molar-refractivity contribution in [1.29, 1.82) is 0 Å². The molecular formula is C18H15BrN2O3. The highest BCUT2D eigenvalue weighted by atomic mass is 79.9. The van der Waals surface area contributed by atoms with Gasteiger partial charge in [0.05, 0.1) is 5.56 Å². The summed E-state index contributed by atoms with van der Waals surface area (Å²) in [5.74, 6) is 0.282. The Labute approximate surface area is 147 Å². The van der Waals surface area contributed by atoms with Crippen LogP contribution in [0.3, 0.4) is 0 Å². The van der Waals surface area contributed by atoms with Crippen LogP contribution in [-0.4, -0.2) is 16.1 Å². The Morgan fingerprint density at radius 1 is 1.17 bits per heavy atom. The maximum absolute atomic E-state index is 12.0. The molecule has 0 saturated carbocycles. The molecule has 3 rings (SSSR count). The molecule has 3 aromatic rings. The Morgan fingerprint density at radius 3 is 2.62 bits per heavy atom. The van der Waals surface area contributed by atoms with Crippen LogP contribution in [0, 0.1) is 0 Å². The normalized spacial score (nSPS) is 10.6. The van der Waals surface area contributed by atoms with E-state index < -0.39 is 5.97 Å². The molecule has 2 aromatic carbocycles. The molecule has 1 heterocycles. The van der Waals surface area contributed by atoms with Crippen LogP contribution in [0.4, 0.5) is 0 Å². The SMILES string of the molecule is CCc1ccc(-c2noc(COC(=O)c3ccccc3Br)n2)cc1. The summed E-state index contributed by atoms with van der Waals surface area (Å²) in [6.45, 7) is 2.03. The van der Waals surface area contributed by atoms with Crippen LogP contribution in [-0.2, 0) is 17.8 Å². The van der Waals surface area contributed by atoms with Crippen LogP contribution in [0.5, 0.6) is 0 Å². The van der Waals surface area contributed by atoms with E-state index in [4.69, 9.17) is 9.26 Å². The van der Waals surface area contributed by atoms with E-state index in [1.54, 1.807) is 18.2 Å². The zero-order valence-electron chi connectivity index (χ0n) is 13.0. The van der Waals surface area contributed by atoms with Crippen LogP contribution < -0.4 is 0 Å². The van der Waals surface area contributed by atoms with Gasteiger partial charge in [0.15, 0.2) is 6.61 Å². The highest BCUT2D eigenvalue weighted by molar-refractivity contribution is 9.10. The Kier molecular flexibility index (Phi) is 5.05. The number of ether oxygens (including phenoxy) is 1. The summed E-state index contributed by atoms with van der Waals surface area (Å²) >= 11 is 3.32. The summed E-state index contributed by atoms with van der Waals surface area (Å²) in [5, 5.41) is 3.92. The van der Waals surface area contributed by atoms with Crippen molar-refractivity contribution in [2.24, 2.45) is 0 Å². The van der Waals surface area contributed by atoms with E-state index in [1.807, 2.05) is 30.3 Å². The molecule has 0 aliphatic carbocycles. The van der Waals surface area contributed by atoms with Gasteiger partial charge in [0, 0.05) is 10.0 Å². The Balaban J connectivity index is 1.66. The smallest absolute Gasteiger partial charge is 0.339 e. The molecule has 0 spiro atoms. The molecular weight excluding hydrogens is 372 g/mol. The molecule has 0 amide bonds. The predicted molar refractivity (Wildman–Crippen MR) is 92.4 cm³/mol. The lowest BCUT2D eigenvalue weighted by Crippen LogP contribution is -2.06. The maximum atomic E-state index is 12.0. The highest BCUT2D eigenvalue weighted by Gasteiger charge is 2.14. The molecule has 0 saturated heterocycles. The van der Waals surface area contributed by atoms with E-state index in [1.165, 1.54) is 5.56 Å². The van der Waals surface area contributed by atoms with E-state index in [0.717, 1.165) is 12.0 Å². The summed E-state index contributed by atoms with van der Waals surface area (Å²) in [7, 11) is 0. The van der Waals surface area contributed by atoms with E-state index in [9.17, 15) is 4.79 Å². The van der Waals surface area contributed by atoms with Crippen molar-refractivity contribution >= 4 is 21.9 Å². The molecule has 6 heteroatoms. The molecule has 122 valence electrons. The molecule has 24 heavy (non-hydrogen) atoms. The third-order valence-corrected chi connectivity index (χ3v) is 4.20. The summed E-state index contributed by atoms with van der Waals surface area (Å²) in [5.41, 5.74) is 2.55. The average molecular weight is 387 g/mol. The number of benzene rings is 2. The van der Waals surface area contributed by atoms with Gasteiger partial charge in [-0.25, -0.2) is 4.79 Å². The number of carbonyl (C=O) groups is 1. The third kappa shape index (κ3) is 3.71. The molecule has 5 nitrogen and oxygen atoms in total. The number of nitrogens with zero attached hydrogens (tertiary/aromatic N) is 2. The van der Waals surface area contributed by atoms with E-state index in [2.05, 4.69) is 33.0 Å². The van der Waals surface area contributed by atoms with Gasteiger partial charge < -0.3 is 9.26 Å². The first-order chi connectivity index (χ1) is 11.7. The minimum Gasteiger partial charge on any atom is -0.452 e. The van der Waals surface area contributed by atoms with Crippen molar-refractivity contribution < 1.29 is 14.1 Å². The molecule has 0 bridgehead atoms. The molecule has 0 aliphatic rings. The molecule has 0 radical (unpaired) electrons. The monoisotopic (exact) mass is 386 g/mol. The number of aromatic nitrogens is 2. The predicted octanol–water partition coefficient (Wildman–Crippen LogP) is 4.42. The van der Waals surface area contributed by atoms with Crippen molar-refractivity contribution in [3.63, 3.8) is 0 Å². The number of aryl methyl sites for hydroxylation is 1. The zero-order valence-corrected chi connectivity index (χ0v) is 14.6. The fourth-order valence-corrected chi connectivity index (χ4v) is 2.60. The number of hydrogen-bond acceptors (Lipinski definition) is 5. The van der Waals surface area contributed by atoms with Gasteiger partial charge in [-0.05, 0) is 40.0 Å². The first-order valence-corrected chi connectivity index (χ1v) is 8.30. The van der Waals surface area contributed by atoms with E-state index in [-0.39, 0.29) is 12.5 Å². The van der Waals surface area contributed by atoms with Gasteiger partial charge in [-0.1, -0.05) is 48.5 Å². The van der Waals surface area contributed by atoms with Gasteiger partial charge in [0.25, 0.3) is 5.89 Å². The van der Waals surface area contributed by atoms with Crippen LogP contribution in [0.25, 0.3) is 11.4 Å². The Bertz CT molecular complexity index is 843. The lowest BCUT2D eigenvalue weighted by Gasteiger charge is -2.03. The van der Waals surface area contributed by atoms with Crippen molar-refractivity contribution in [3.05, 3.63) is 70.0 Å². The standard InChI is InChI=1S/C18H15BrN2O3/c1-2-12-7-9-13(10-8-12)17-20-16(24-21-17)11-23-18(22)14-5-3-4-6-15(14)19/h3-10H,2,11H2,1H3. The number of rotatable bonds is 5. The average Bonchev–Trinajstić information content (AvgIpc) is 3.09. The lowest BCUT2D eigenvalue weighted by atomic mass is 10.1. The second kappa shape index (κ2) is 7.40. The maximum Gasteiger partial charge on any atom is 0.339 e. The van der Waals surface area contributed by atoms with Crippen LogP contribution >= 0.6 is 15.9 Å². The van der Waals surface area contributed by atoms with Crippen LogP contribution in [0.15, 0.2) is 57.5 Å². The minimum absolute atomic E-state index is 0.0692. The fourth-order valence-electron chi connectivity index (χ4n) is 2.15. The van der Waals surface area contributed by atoms with Gasteiger partial charge in [-0.2, -0.15) is 4.98 Å². The van der Waals surface area contributed by atoms with Gasteiger partial charge in [-0.3, -0.25) is 0 Å². The summed E-state index contributed by atoms with van der Waals surface area (Å²) in [6.07, 6.45) is 0.975. The first kappa shape index (κ1) is 16.4. The van der Waals surface area contributed by atoms with Crippen LogP contribution in [0.1, 0.15) is 28.7 Å². The molecule has 0 atom stereocenters. The lowest BCUT2D eigenvalue weighted by molar-refractivity contribution is 0.0428. The number of halogens is 1. The number of hydrogen-bond donors (Lipinski definition) is 0. The second-order valence-electron chi connectivity index (χ2n) is 5.12. The van der Waals surface area contributed by atoms with Gasteiger partial charge in [-0.15, -0.1) is 0 Å². The van der Waals surface area contributed by atoms with Gasteiger partial charge in [0.2, 0.25) is 5.82 Å². The van der Waals surface area contributed by atoms with E-state index in [0.29, 0.717) is 15.9 Å². The quantitative estimate of drug-likeness (QED) is 0.607. The van der Waals surface area contributed by atoms with Crippen molar-refractivity contribution in [3.8, 4) is 11.4 Å². The van der Waals surface area contributed by atoms with Crippen molar-refractivity contribution in [2.45, 2.75) is 20.0 Å². The first-order valence-electron chi connectivity index (χ1n) is 7.51. The van der Waals surface area contributed by atoms with Crippen molar-refractivity contribution in [1.82, 2.24) is 10.1 Å². The topological polar surface area (TPSA) is 65.2 Å². The summed E-state index contributed by atoms with van der Waals surface area (Å²) < 4.78 is 11.0. The van der Waals surface area contributed by atoms with Gasteiger partial charge in [0.1, 0.15) is 0 Å². The third-order valence-electron chi connectivity index (χ3n) is 3.51. The Morgan fingerprint density at radius 2 is 1.92 bits per heavy atom. The van der Waals surface area contributed by atoms with Gasteiger partial charge >= 0.3 is 5.97 Å². The van der Waals surface area contributed by atoms with Crippen molar-refractivity contribution in [2.75, 3.05) is 0 Å². The molecule has 1 aromatic heterocycles. The number of carbonyl (C=O) groups excluding carboxylic acids is 1. The molecule has 0 unspecified atom stereocenters. The highest BCUT2D eigenvalue weighted by Crippen LogP contribution is 2.19. The molecule has 0 fully saturated rings.